The molecule has 4 rings (SSSR count). The smallest absolute Gasteiger partial charge is 0.458 e. The molecule has 0 aliphatic carbocycles. The van der Waals surface area contributed by atoms with Crippen LogP contribution in [0.5, 0.6) is 0 Å². The highest BCUT2D eigenvalue weighted by Gasteiger charge is 2.59. The summed E-state index contributed by atoms with van der Waals surface area (Å²) in [4.78, 5) is 43.0. The second kappa shape index (κ2) is 16.6. The van der Waals surface area contributed by atoms with E-state index in [0.717, 1.165) is 0 Å². The zero-order valence-electron chi connectivity index (χ0n) is 33.8. The Kier molecular flexibility index (Phi) is 13.7. The number of ether oxygens (including phenoxy) is 8. The van der Waals surface area contributed by atoms with Gasteiger partial charge in [0.05, 0.1) is 47.5 Å². The van der Waals surface area contributed by atoms with E-state index in [1.807, 2.05) is 25.9 Å². The van der Waals surface area contributed by atoms with Crippen molar-refractivity contribution in [2.24, 2.45) is 23.7 Å². The third kappa shape index (κ3) is 8.88. The number of esters is 1. The molecule has 0 aromatic rings. The average Bonchev–Trinajstić information content (AvgIpc) is 3.40. The zero-order chi connectivity index (χ0) is 40.0. The quantitative estimate of drug-likeness (QED) is 0.321. The van der Waals surface area contributed by atoms with Gasteiger partial charge in [-0.2, -0.15) is 0 Å². The van der Waals surface area contributed by atoms with Crippen molar-refractivity contribution >= 4 is 17.9 Å². The van der Waals surface area contributed by atoms with Gasteiger partial charge in [0.25, 0.3) is 0 Å². The molecule has 0 amide bonds. The molecule has 0 aromatic carbocycles. The number of ketones is 1. The molecule has 15 nitrogen and oxygen atoms in total. The normalized spacial score (nSPS) is 49.1. The molecule has 0 radical (unpaired) electrons. The van der Waals surface area contributed by atoms with E-state index in [0.29, 0.717) is 6.42 Å². The van der Waals surface area contributed by atoms with Crippen LogP contribution in [-0.2, 0) is 47.5 Å². The van der Waals surface area contributed by atoms with Crippen molar-refractivity contribution in [1.29, 1.82) is 0 Å². The molecule has 306 valence electrons. The van der Waals surface area contributed by atoms with Crippen LogP contribution < -0.4 is 0 Å². The summed E-state index contributed by atoms with van der Waals surface area (Å²) in [7, 11) is 5.20. The van der Waals surface area contributed by atoms with Gasteiger partial charge in [-0.05, 0) is 74.9 Å². The fraction of sp³-hybridized carbons (Fsp3) is 0.921. The highest BCUT2D eigenvalue weighted by Crippen LogP contribution is 2.43. The molecule has 0 saturated carbocycles. The second-order valence-corrected chi connectivity index (χ2v) is 16.9. The van der Waals surface area contributed by atoms with Crippen molar-refractivity contribution in [2.45, 2.75) is 179 Å². The number of Topliss-reactive ketones (excluding diaryl/α,β-unsaturated/α-hetero) is 1. The van der Waals surface area contributed by atoms with E-state index in [1.165, 1.54) is 7.11 Å². The Bertz CT molecular complexity index is 1300. The molecule has 4 aliphatic rings. The number of hydrogen-bond donors (Lipinski definition) is 3. The van der Waals surface area contributed by atoms with Crippen molar-refractivity contribution in [3.05, 3.63) is 0 Å². The number of cyclic esters (lactones) is 1. The van der Waals surface area contributed by atoms with Crippen molar-refractivity contribution in [1.82, 2.24) is 4.90 Å². The molecule has 3 N–H and O–H groups in total. The number of carbonyl (C=O) groups is 3. The first-order valence-electron chi connectivity index (χ1n) is 19.1. The van der Waals surface area contributed by atoms with E-state index in [2.05, 4.69) is 0 Å². The van der Waals surface area contributed by atoms with Gasteiger partial charge in [0, 0.05) is 31.4 Å². The number of nitrogens with zero attached hydrogens (tertiary/aromatic N) is 1. The summed E-state index contributed by atoms with van der Waals surface area (Å²) in [5, 5.41) is 34.9. The topological polar surface area (TPSA) is 189 Å². The van der Waals surface area contributed by atoms with E-state index >= 15 is 0 Å². The first-order valence-corrected chi connectivity index (χ1v) is 19.1. The van der Waals surface area contributed by atoms with Gasteiger partial charge < -0.3 is 58.1 Å². The van der Waals surface area contributed by atoms with Gasteiger partial charge in [-0.1, -0.05) is 27.7 Å². The fourth-order valence-corrected chi connectivity index (χ4v) is 9.03. The summed E-state index contributed by atoms with van der Waals surface area (Å²) < 4.78 is 48.7. The molecule has 0 unspecified atom stereocenters. The molecule has 4 aliphatic heterocycles. The van der Waals surface area contributed by atoms with Crippen LogP contribution in [0.15, 0.2) is 0 Å². The van der Waals surface area contributed by atoms with Crippen LogP contribution in [-0.4, -0.2) is 144 Å². The van der Waals surface area contributed by atoms with Gasteiger partial charge in [0.15, 0.2) is 24.3 Å². The van der Waals surface area contributed by atoms with Gasteiger partial charge in [0.1, 0.15) is 24.1 Å². The maximum atomic E-state index is 14.3. The van der Waals surface area contributed by atoms with Crippen LogP contribution in [0.1, 0.15) is 94.9 Å². The monoisotopic (exact) mass is 759 g/mol. The lowest BCUT2D eigenvalue weighted by Gasteiger charge is -2.49. The molecule has 0 aromatic heterocycles. The van der Waals surface area contributed by atoms with E-state index in [4.69, 9.17) is 37.9 Å². The summed E-state index contributed by atoms with van der Waals surface area (Å²) in [6.45, 7) is 16.9. The number of fused-ring (bicyclic) bond motifs is 1. The molecule has 4 heterocycles. The second-order valence-electron chi connectivity index (χ2n) is 16.9. The van der Waals surface area contributed by atoms with Crippen molar-refractivity contribution in [3.8, 4) is 0 Å². The molecular formula is C38H65NO14. The Hall–Kier alpha value is -1.95. The fourth-order valence-electron chi connectivity index (χ4n) is 9.03. The van der Waals surface area contributed by atoms with Gasteiger partial charge in [-0.25, -0.2) is 4.79 Å². The Morgan fingerprint density at radius 2 is 1.55 bits per heavy atom. The van der Waals surface area contributed by atoms with Crippen molar-refractivity contribution in [3.63, 3.8) is 0 Å². The highest BCUT2D eigenvalue weighted by molar-refractivity contribution is 5.84. The van der Waals surface area contributed by atoms with Crippen molar-refractivity contribution < 1.29 is 67.6 Å². The third-order valence-electron chi connectivity index (χ3n) is 12.3. The number of hydrogen-bond acceptors (Lipinski definition) is 15. The number of likely N-dealkylation sites (N-methyl/N-ethyl adjacent to an activating group) is 1. The highest BCUT2D eigenvalue weighted by atomic mass is 16.8. The minimum Gasteiger partial charge on any atom is -0.458 e. The molecule has 0 spiro atoms. The van der Waals surface area contributed by atoms with Crippen LogP contribution >= 0.6 is 0 Å². The first kappa shape index (κ1) is 43.8. The van der Waals surface area contributed by atoms with Crippen LogP contribution in [0.2, 0.25) is 0 Å². The molecular weight excluding hydrogens is 694 g/mol. The standard InChI is InChI=1S/C38H65NO14/c1-14-25-38(10)32(52-35(44)53-38)20(4)27(40)18(2)16-36(8,45)31(51-34-28(41)24(39(11)12)15-19(3)47-34)21(5)29(22(6)33(43)49-25)50-26-17-37(9,46-13)30(42)23(7)48-26/h18-26,28-32,34,41-42,45H,14-17H2,1-13H3/t18-,19+,20-,21-,22+,23-,24-,25-,26+,28-,29+,30+,31-,32-,34-,36+,37-,38-/m0/s1. The molecule has 15 heteroatoms. The SMILES string of the molecule is CC[C@@H]1OC(=O)[C@H](C)[C@H](O[C@@H]2C[C@](C)(OC)[C@H](O)[C@H](C)O2)[C@H](C)[C@H](O[C@@H]2O[C@H](C)C[C@H](N(C)C)[C@@H]2O)[C@](C)(O)C[C@H](C)C(=O)[C@H](C)[C@@H]2OC(=O)O[C@@]12C. The van der Waals surface area contributed by atoms with E-state index < -0.39 is 108 Å². The third-order valence-corrected chi connectivity index (χ3v) is 12.3. The Morgan fingerprint density at radius 1 is 0.906 bits per heavy atom. The summed E-state index contributed by atoms with van der Waals surface area (Å²) in [5.74, 6) is -4.54. The number of carbonyl (C=O) groups excluding carboxylic acids is 3. The van der Waals surface area contributed by atoms with Gasteiger partial charge in [-0.15, -0.1) is 0 Å². The lowest BCUT2D eigenvalue weighted by atomic mass is 9.74. The number of aliphatic hydroxyl groups excluding tert-OH is 2. The lowest BCUT2D eigenvalue weighted by molar-refractivity contribution is -0.318. The van der Waals surface area contributed by atoms with Crippen LogP contribution in [0.4, 0.5) is 4.79 Å². The summed E-state index contributed by atoms with van der Waals surface area (Å²) >= 11 is 0. The zero-order valence-corrected chi connectivity index (χ0v) is 33.8. The first-order chi connectivity index (χ1) is 24.5. The number of methoxy groups -OCH3 is 1. The predicted molar refractivity (Wildman–Crippen MR) is 189 cm³/mol. The average molecular weight is 760 g/mol. The maximum Gasteiger partial charge on any atom is 0.509 e. The molecule has 4 saturated heterocycles. The molecule has 18 atom stereocenters. The molecule has 53 heavy (non-hydrogen) atoms. The minimum atomic E-state index is -1.78. The Labute approximate surface area is 314 Å². The molecule has 4 fully saturated rings. The molecule has 0 bridgehead atoms. The van der Waals surface area contributed by atoms with Crippen LogP contribution in [0.25, 0.3) is 0 Å². The summed E-state index contributed by atoms with van der Waals surface area (Å²) in [6.07, 6.45) is -9.81. The Balaban J connectivity index is 1.84. The lowest BCUT2D eigenvalue weighted by Crippen LogP contribution is -2.61. The number of aliphatic hydroxyl groups is 3. The summed E-state index contributed by atoms with van der Waals surface area (Å²) in [6, 6.07) is -0.322. The summed E-state index contributed by atoms with van der Waals surface area (Å²) in [5.41, 5.74) is -4.33. The van der Waals surface area contributed by atoms with Crippen LogP contribution in [0, 0.1) is 23.7 Å². The minimum absolute atomic E-state index is 0.0996. The van der Waals surface area contributed by atoms with E-state index in [9.17, 15) is 29.7 Å². The largest absolute Gasteiger partial charge is 0.509 e. The maximum absolute atomic E-state index is 14.3. The van der Waals surface area contributed by atoms with Gasteiger partial charge >= 0.3 is 12.1 Å². The van der Waals surface area contributed by atoms with Gasteiger partial charge in [0.2, 0.25) is 0 Å². The van der Waals surface area contributed by atoms with E-state index in [-0.39, 0.29) is 37.2 Å². The van der Waals surface area contributed by atoms with Gasteiger partial charge in [-0.3, -0.25) is 9.59 Å². The van der Waals surface area contributed by atoms with Crippen molar-refractivity contribution in [2.75, 3.05) is 21.2 Å². The van der Waals surface area contributed by atoms with Crippen LogP contribution in [0.3, 0.4) is 0 Å². The predicted octanol–water partition coefficient (Wildman–Crippen LogP) is 2.97. The number of rotatable bonds is 7. The van der Waals surface area contributed by atoms with E-state index in [1.54, 1.807) is 62.3 Å². The Morgan fingerprint density at radius 3 is 2.13 bits per heavy atom.